The first kappa shape index (κ1) is 22.9. The van der Waals surface area contributed by atoms with Crippen molar-refractivity contribution in [1.82, 2.24) is 10.2 Å². The van der Waals surface area contributed by atoms with Gasteiger partial charge in [0.05, 0.1) is 6.42 Å². The summed E-state index contributed by atoms with van der Waals surface area (Å²) in [6.07, 6.45) is 2.26. The lowest BCUT2D eigenvalue weighted by molar-refractivity contribution is -0.139. The zero-order chi connectivity index (χ0) is 21.2. The quantitative estimate of drug-likeness (QED) is 0.581. The van der Waals surface area contributed by atoms with Gasteiger partial charge in [-0.3, -0.25) is 9.59 Å². The Balaban J connectivity index is 2.15. The second kappa shape index (κ2) is 11.6. The van der Waals surface area contributed by atoms with Crippen molar-refractivity contribution >= 4 is 23.4 Å². The molecule has 0 fully saturated rings. The van der Waals surface area contributed by atoms with Gasteiger partial charge in [-0.2, -0.15) is 0 Å². The van der Waals surface area contributed by atoms with Gasteiger partial charge in [-0.1, -0.05) is 61.3 Å². The van der Waals surface area contributed by atoms with Crippen molar-refractivity contribution in [2.75, 3.05) is 13.1 Å². The van der Waals surface area contributed by atoms with E-state index in [-0.39, 0.29) is 28.8 Å². The molecule has 2 aromatic carbocycles. The minimum absolute atomic E-state index is 0.155. The first-order chi connectivity index (χ1) is 13.9. The Hall–Kier alpha value is -2.40. The molecule has 0 aliphatic heterocycles. The third-order valence-electron chi connectivity index (χ3n) is 4.87. The summed E-state index contributed by atoms with van der Waals surface area (Å²) in [5.74, 6) is -1.06. The monoisotopic (exact) mass is 418 g/mol. The Kier molecular flexibility index (Phi) is 9.13. The molecule has 0 aliphatic rings. The number of carbonyl (C=O) groups is 2. The number of nitrogens with zero attached hydrogens (tertiary/aromatic N) is 1. The number of amides is 2. The predicted octanol–water partition coefficient (Wildman–Crippen LogP) is 4.40. The lowest BCUT2D eigenvalue weighted by Crippen LogP contribution is -2.49. The van der Waals surface area contributed by atoms with Crippen LogP contribution in [0.2, 0.25) is 5.02 Å². The lowest BCUT2D eigenvalue weighted by atomic mass is 10.1. The van der Waals surface area contributed by atoms with Crippen molar-refractivity contribution in [3.05, 3.63) is 70.5 Å². The number of halogens is 2. The van der Waals surface area contributed by atoms with E-state index in [2.05, 4.69) is 5.32 Å². The van der Waals surface area contributed by atoms with Gasteiger partial charge < -0.3 is 10.2 Å². The van der Waals surface area contributed by atoms with Gasteiger partial charge in [0.15, 0.2) is 0 Å². The van der Waals surface area contributed by atoms with Crippen molar-refractivity contribution in [1.29, 1.82) is 0 Å². The van der Waals surface area contributed by atoms with Crippen LogP contribution in [0.5, 0.6) is 0 Å². The SMILES string of the molecule is CCCCNC(=O)[C@H](C)N(CCc1ccccc1)C(=O)Cc1c(F)cccc1Cl. The molecule has 2 amide bonds. The number of rotatable bonds is 10. The van der Waals surface area contributed by atoms with Crippen LogP contribution in [0.25, 0.3) is 0 Å². The maximum Gasteiger partial charge on any atom is 0.242 e. The number of carbonyl (C=O) groups excluding carboxylic acids is 2. The summed E-state index contributed by atoms with van der Waals surface area (Å²) in [4.78, 5) is 27.1. The zero-order valence-corrected chi connectivity index (χ0v) is 17.7. The summed E-state index contributed by atoms with van der Waals surface area (Å²) >= 11 is 6.09. The van der Waals surface area contributed by atoms with E-state index in [1.54, 1.807) is 13.0 Å². The van der Waals surface area contributed by atoms with E-state index in [9.17, 15) is 14.0 Å². The molecule has 6 heteroatoms. The number of hydrogen-bond donors (Lipinski definition) is 1. The molecule has 0 saturated heterocycles. The predicted molar refractivity (Wildman–Crippen MR) is 114 cm³/mol. The van der Waals surface area contributed by atoms with Gasteiger partial charge in [0.2, 0.25) is 11.8 Å². The van der Waals surface area contributed by atoms with E-state index in [4.69, 9.17) is 11.6 Å². The molecule has 1 atom stereocenters. The zero-order valence-electron chi connectivity index (χ0n) is 17.0. The van der Waals surface area contributed by atoms with Gasteiger partial charge in [0.25, 0.3) is 0 Å². The Morgan fingerprint density at radius 2 is 1.86 bits per heavy atom. The molecule has 0 heterocycles. The molecule has 0 saturated carbocycles. The summed E-state index contributed by atoms with van der Waals surface area (Å²) in [5.41, 5.74) is 1.22. The largest absolute Gasteiger partial charge is 0.354 e. The summed E-state index contributed by atoms with van der Waals surface area (Å²) < 4.78 is 14.2. The van der Waals surface area contributed by atoms with E-state index in [1.807, 2.05) is 37.3 Å². The molecule has 4 nitrogen and oxygen atoms in total. The molecule has 1 N–H and O–H groups in total. The molecular weight excluding hydrogens is 391 g/mol. The number of hydrogen-bond acceptors (Lipinski definition) is 2. The van der Waals surface area contributed by atoms with E-state index in [0.717, 1.165) is 18.4 Å². The van der Waals surface area contributed by atoms with Crippen molar-refractivity contribution in [2.24, 2.45) is 0 Å². The van der Waals surface area contributed by atoms with Crippen molar-refractivity contribution in [3.8, 4) is 0 Å². The Labute approximate surface area is 177 Å². The van der Waals surface area contributed by atoms with Gasteiger partial charge >= 0.3 is 0 Å². The minimum Gasteiger partial charge on any atom is -0.354 e. The number of benzene rings is 2. The van der Waals surface area contributed by atoms with Gasteiger partial charge in [-0.25, -0.2) is 4.39 Å². The van der Waals surface area contributed by atoms with Gasteiger partial charge in [0.1, 0.15) is 11.9 Å². The lowest BCUT2D eigenvalue weighted by Gasteiger charge is -2.29. The fourth-order valence-electron chi connectivity index (χ4n) is 3.06. The highest BCUT2D eigenvalue weighted by Crippen LogP contribution is 2.21. The Morgan fingerprint density at radius 1 is 1.14 bits per heavy atom. The second-order valence-corrected chi connectivity index (χ2v) is 7.43. The maximum atomic E-state index is 14.2. The van der Waals surface area contributed by atoms with Crippen LogP contribution in [-0.4, -0.2) is 35.8 Å². The second-order valence-electron chi connectivity index (χ2n) is 7.02. The molecule has 0 radical (unpaired) electrons. The molecule has 0 aliphatic carbocycles. The molecule has 156 valence electrons. The van der Waals surface area contributed by atoms with Crippen molar-refractivity contribution in [3.63, 3.8) is 0 Å². The highest BCUT2D eigenvalue weighted by atomic mass is 35.5. The molecule has 29 heavy (non-hydrogen) atoms. The topological polar surface area (TPSA) is 49.4 Å². The van der Waals surface area contributed by atoms with Crippen LogP contribution in [0.1, 0.15) is 37.8 Å². The molecule has 0 spiro atoms. The van der Waals surface area contributed by atoms with Crippen LogP contribution in [0, 0.1) is 5.82 Å². The van der Waals surface area contributed by atoms with Crippen LogP contribution in [0.4, 0.5) is 4.39 Å². The van der Waals surface area contributed by atoms with Gasteiger partial charge in [-0.05, 0) is 37.5 Å². The smallest absolute Gasteiger partial charge is 0.242 e. The Bertz CT molecular complexity index is 794. The molecule has 0 aromatic heterocycles. The number of nitrogens with one attached hydrogen (secondary N) is 1. The standard InChI is InChI=1S/C23H28ClFN2O2/c1-3-4-14-26-23(29)17(2)27(15-13-18-9-6-5-7-10-18)22(28)16-19-20(24)11-8-12-21(19)25/h5-12,17H,3-4,13-16H2,1-2H3,(H,26,29)/t17-/m0/s1. The summed E-state index contributed by atoms with van der Waals surface area (Å²) in [6.45, 7) is 4.67. The minimum atomic E-state index is -0.659. The maximum absolute atomic E-state index is 14.2. The van der Waals surface area contributed by atoms with E-state index < -0.39 is 11.9 Å². The molecular formula is C23H28ClFN2O2. The highest BCUT2D eigenvalue weighted by Gasteiger charge is 2.26. The number of unbranched alkanes of at least 4 members (excludes halogenated alkanes) is 1. The third-order valence-corrected chi connectivity index (χ3v) is 5.22. The van der Waals surface area contributed by atoms with Gasteiger partial charge in [-0.15, -0.1) is 0 Å². The molecule has 2 rings (SSSR count). The summed E-state index contributed by atoms with van der Waals surface area (Å²) in [5, 5.41) is 3.08. The molecule has 0 bridgehead atoms. The average Bonchev–Trinajstić information content (AvgIpc) is 2.71. The Morgan fingerprint density at radius 3 is 2.52 bits per heavy atom. The summed E-state index contributed by atoms with van der Waals surface area (Å²) in [7, 11) is 0. The van der Waals surface area contributed by atoms with Crippen LogP contribution in [-0.2, 0) is 22.4 Å². The van der Waals surface area contributed by atoms with Crippen LogP contribution < -0.4 is 5.32 Å². The van der Waals surface area contributed by atoms with E-state index in [0.29, 0.717) is 19.5 Å². The highest BCUT2D eigenvalue weighted by molar-refractivity contribution is 6.31. The molecule has 0 unspecified atom stereocenters. The van der Waals surface area contributed by atoms with Crippen LogP contribution >= 0.6 is 11.6 Å². The van der Waals surface area contributed by atoms with E-state index in [1.165, 1.54) is 17.0 Å². The third kappa shape index (κ3) is 6.86. The first-order valence-electron chi connectivity index (χ1n) is 9.98. The summed E-state index contributed by atoms with van der Waals surface area (Å²) in [6, 6.07) is 13.4. The van der Waals surface area contributed by atoms with Crippen LogP contribution in [0.15, 0.2) is 48.5 Å². The van der Waals surface area contributed by atoms with Crippen molar-refractivity contribution < 1.29 is 14.0 Å². The first-order valence-corrected chi connectivity index (χ1v) is 10.4. The van der Waals surface area contributed by atoms with Crippen LogP contribution in [0.3, 0.4) is 0 Å². The molecule has 2 aromatic rings. The fraction of sp³-hybridized carbons (Fsp3) is 0.391. The normalized spacial score (nSPS) is 11.7. The van der Waals surface area contributed by atoms with E-state index >= 15 is 0 Å². The van der Waals surface area contributed by atoms with Gasteiger partial charge in [0, 0.05) is 23.7 Å². The average molecular weight is 419 g/mol. The fourth-order valence-corrected chi connectivity index (χ4v) is 3.29. The van der Waals surface area contributed by atoms with Crippen molar-refractivity contribution in [2.45, 2.75) is 45.6 Å².